The minimum Gasteiger partial charge on any atom is -0.481 e. The quantitative estimate of drug-likeness (QED) is 0.659. The van der Waals surface area contributed by atoms with E-state index in [4.69, 9.17) is 9.84 Å². The first kappa shape index (κ1) is 13.5. The Kier molecular flexibility index (Phi) is 5.44. The predicted octanol–water partition coefficient (Wildman–Crippen LogP) is 1.54. The lowest BCUT2D eigenvalue weighted by Crippen LogP contribution is -2.44. The maximum absolute atomic E-state index is 11.1. The van der Waals surface area contributed by atoms with Gasteiger partial charge in [0.25, 0.3) is 0 Å². The summed E-state index contributed by atoms with van der Waals surface area (Å²) in [6, 6.07) is 0. The van der Waals surface area contributed by atoms with E-state index < -0.39 is 17.6 Å². The van der Waals surface area contributed by atoms with E-state index in [2.05, 4.69) is 11.9 Å². The molecule has 15 heavy (non-hydrogen) atoms. The van der Waals surface area contributed by atoms with Crippen LogP contribution in [0.15, 0.2) is 12.7 Å². The Bertz CT molecular complexity index is 248. The second-order valence-corrected chi connectivity index (χ2v) is 3.79. The molecule has 0 aliphatic rings. The summed E-state index contributed by atoms with van der Waals surface area (Å²) in [5, 5.41) is 11.1. The molecule has 0 heterocycles. The third-order valence-corrected chi connectivity index (χ3v) is 1.74. The van der Waals surface area contributed by atoms with Gasteiger partial charge in [-0.25, -0.2) is 4.79 Å². The summed E-state index contributed by atoms with van der Waals surface area (Å²) in [5.41, 5.74) is -0.587. The fraction of sp³-hybridized carbons (Fsp3) is 0.600. The molecule has 0 rings (SSSR count). The third kappa shape index (κ3) is 7.54. The zero-order valence-corrected chi connectivity index (χ0v) is 9.08. The van der Waals surface area contributed by atoms with Crippen LogP contribution in [-0.4, -0.2) is 29.3 Å². The van der Waals surface area contributed by atoms with Gasteiger partial charge in [0.2, 0.25) is 0 Å². The van der Waals surface area contributed by atoms with Crippen LogP contribution in [0.1, 0.15) is 26.7 Å². The molecule has 0 radical (unpaired) electrons. The van der Waals surface area contributed by atoms with Gasteiger partial charge in [-0.15, -0.1) is 0 Å². The number of hydrogen-bond acceptors (Lipinski definition) is 3. The number of carbonyl (C=O) groups is 2. The molecule has 86 valence electrons. The molecule has 0 unspecified atom stereocenters. The van der Waals surface area contributed by atoms with E-state index in [1.54, 1.807) is 13.8 Å². The van der Waals surface area contributed by atoms with Crippen LogP contribution < -0.4 is 5.32 Å². The molecule has 0 aliphatic heterocycles. The number of carbonyl (C=O) groups excluding carboxylic acids is 1. The summed E-state index contributed by atoms with van der Waals surface area (Å²) in [6.45, 7) is 7.03. The lowest BCUT2D eigenvalue weighted by molar-refractivity contribution is -0.137. The maximum atomic E-state index is 11.1. The highest BCUT2D eigenvalue weighted by Gasteiger charge is 2.21. The van der Waals surface area contributed by atoms with Crippen LogP contribution in [0.2, 0.25) is 0 Å². The third-order valence-electron chi connectivity index (χ3n) is 1.74. The Balaban J connectivity index is 3.95. The monoisotopic (exact) mass is 215 g/mol. The summed E-state index contributed by atoms with van der Waals surface area (Å²) in [7, 11) is 0. The van der Waals surface area contributed by atoms with E-state index in [1.165, 1.54) is 6.08 Å². The first-order chi connectivity index (χ1) is 6.87. The zero-order chi connectivity index (χ0) is 11.9. The highest BCUT2D eigenvalue weighted by atomic mass is 16.5. The van der Waals surface area contributed by atoms with Gasteiger partial charge in [-0.1, -0.05) is 12.7 Å². The van der Waals surface area contributed by atoms with Crippen LogP contribution in [0, 0.1) is 0 Å². The van der Waals surface area contributed by atoms with Crippen molar-refractivity contribution in [3.8, 4) is 0 Å². The summed E-state index contributed by atoms with van der Waals surface area (Å²) in [6.07, 6.45) is 1.26. The number of nitrogens with one attached hydrogen (secondary N) is 1. The highest BCUT2D eigenvalue weighted by Crippen LogP contribution is 2.11. The summed E-state index contributed by atoms with van der Waals surface area (Å²) >= 11 is 0. The zero-order valence-electron chi connectivity index (χ0n) is 9.08. The van der Waals surface area contributed by atoms with E-state index in [1.807, 2.05) is 0 Å². The normalized spacial score (nSPS) is 10.5. The fourth-order valence-corrected chi connectivity index (χ4v) is 0.929. The van der Waals surface area contributed by atoms with Gasteiger partial charge in [0.1, 0.15) is 6.61 Å². The molecule has 0 saturated heterocycles. The van der Waals surface area contributed by atoms with Crippen molar-refractivity contribution in [1.82, 2.24) is 5.32 Å². The molecule has 0 aliphatic carbocycles. The first-order valence-electron chi connectivity index (χ1n) is 4.65. The standard InChI is InChI=1S/C10H17NO4/c1-4-7-15-9(14)11-10(2,3)6-5-8(12)13/h4H,1,5-7H2,2-3H3,(H,11,14)(H,12,13). The van der Waals surface area contributed by atoms with Crippen LogP contribution in [0.5, 0.6) is 0 Å². The van der Waals surface area contributed by atoms with E-state index >= 15 is 0 Å². The number of ether oxygens (including phenoxy) is 1. The van der Waals surface area contributed by atoms with E-state index in [0.717, 1.165) is 0 Å². The van der Waals surface area contributed by atoms with Gasteiger partial charge in [-0.2, -0.15) is 0 Å². The minimum atomic E-state index is -0.885. The lowest BCUT2D eigenvalue weighted by atomic mass is 9.99. The van der Waals surface area contributed by atoms with Crippen molar-refractivity contribution in [2.75, 3.05) is 6.61 Å². The molecule has 0 bridgehead atoms. The molecule has 0 spiro atoms. The number of carboxylic acid groups (broad SMARTS) is 1. The predicted molar refractivity (Wildman–Crippen MR) is 55.6 cm³/mol. The van der Waals surface area contributed by atoms with Crippen molar-refractivity contribution >= 4 is 12.1 Å². The van der Waals surface area contributed by atoms with Crippen LogP contribution in [0.25, 0.3) is 0 Å². The molecule has 5 heteroatoms. The second kappa shape index (κ2) is 6.06. The van der Waals surface area contributed by atoms with Crippen molar-refractivity contribution in [2.24, 2.45) is 0 Å². The van der Waals surface area contributed by atoms with Crippen LogP contribution in [0.3, 0.4) is 0 Å². The molecule has 1 amide bonds. The molecule has 0 aromatic heterocycles. The maximum Gasteiger partial charge on any atom is 0.407 e. The Morgan fingerprint density at radius 2 is 2.13 bits per heavy atom. The van der Waals surface area contributed by atoms with Gasteiger partial charge >= 0.3 is 12.1 Å². The van der Waals surface area contributed by atoms with Gasteiger partial charge in [-0.05, 0) is 20.3 Å². The smallest absolute Gasteiger partial charge is 0.407 e. The first-order valence-corrected chi connectivity index (χ1v) is 4.65. The molecule has 0 fully saturated rings. The average molecular weight is 215 g/mol. The number of aliphatic carboxylic acids is 1. The van der Waals surface area contributed by atoms with Gasteiger partial charge in [0.15, 0.2) is 0 Å². The molecule has 5 nitrogen and oxygen atoms in total. The lowest BCUT2D eigenvalue weighted by Gasteiger charge is -2.24. The van der Waals surface area contributed by atoms with Crippen molar-refractivity contribution in [3.05, 3.63) is 12.7 Å². The van der Waals surface area contributed by atoms with Gasteiger partial charge < -0.3 is 15.2 Å². The van der Waals surface area contributed by atoms with Crippen molar-refractivity contribution < 1.29 is 19.4 Å². The Labute approximate surface area is 89.1 Å². The molecule has 0 atom stereocenters. The average Bonchev–Trinajstić information content (AvgIpc) is 2.11. The Morgan fingerprint density at radius 3 is 2.60 bits per heavy atom. The summed E-state index contributed by atoms with van der Waals surface area (Å²) in [4.78, 5) is 21.5. The van der Waals surface area contributed by atoms with Crippen LogP contribution in [0.4, 0.5) is 4.79 Å². The molecule has 0 aromatic rings. The highest BCUT2D eigenvalue weighted by molar-refractivity contribution is 5.69. The Morgan fingerprint density at radius 1 is 1.53 bits per heavy atom. The minimum absolute atomic E-state index is 0.00867. The molecule has 0 saturated carbocycles. The number of amides is 1. The van der Waals surface area contributed by atoms with E-state index in [-0.39, 0.29) is 13.0 Å². The molecular weight excluding hydrogens is 198 g/mol. The fourth-order valence-electron chi connectivity index (χ4n) is 0.929. The van der Waals surface area contributed by atoms with Gasteiger partial charge in [0, 0.05) is 12.0 Å². The molecule has 2 N–H and O–H groups in total. The van der Waals surface area contributed by atoms with Crippen molar-refractivity contribution in [1.29, 1.82) is 0 Å². The van der Waals surface area contributed by atoms with Crippen molar-refractivity contribution in [2.45, 2.75) is 32.2 Å². The van der Waals surface area contributed by atoms with Gasteiger partial charge in [0.05, 0.1) is 0 Å². The van der Waals surface area contributed by atoms with Crippen LogP contribution in [-0.2, 0) is 9.53 Å². The summed E-state index contributed by atoms with van der Waals surface area (Å²) in [5.74, 6) is -0.885. The Hall–Kier alpha value is -1.52. The van der Waals surface area contributed by atoms with E-state index in [9.17, 15) is 9.59 Å². The SMILES string of the molecule is C=CCOC(=O)NC(C)(C)CCC(=O)O. The number of carboxylic acids is 1. The number of hydrogen-bond donors (Lipinski definition) is 2. The summed E-state index contributed by atoms with van der Waals surface area (Å²) < 4.78 is 4.72. The molecular formula is C10H17NO4. The van der Waals surface area contributed by atoms with E-state index in [0.29, 0.717) is 6.42 Å². The molecule has 0 aromatic carbocycles. The number of rotatable bonds is 6. The van der Waals surface area contributed by atoms with Crippen molar-refractivity contribution in [3.63, 3.8) is 0 Å². The van der Waals surface area contributed by atoms with Gasteiger partial charge in [-0.3, -0.25) is 4.79 Å². The topological polar surface area (TPSA) is 75.6 Å². The largest absolute Gasteiger partial charge is 0.481 e. The second-order valence-electron chi connectivity index (χ2n) is 3.79. The van der Waals surface area contributed by atoms with Crippen LogP contribution >= 0.6 is 0 Å². The number of alkyl carbamates (subject to hydrolysis) is 1.